The molecule has 0 radical (unpaired) electrons. The maximum Gasteiger partial charge on any atom is 0.230 e. The molecule has 0 bridgehead atoms. The van der Waals surface area contributed by atoms with Crippen molar-refractivity contribution < 1.29 is 0 Å². The van der Waals surface area contributed by atoms with Gasteiger partial charge in [-0.3, -0.25) is 0 Å². The number of hydrogen-bond donors (Lipinski definition) is 0. The summed E-state index contributed by atoms with van der Waals surface area (Å²) in [5, 5.41) is 2.45. The second-order valence-corrected chi connectivity index (χ2v) is 7.78. The third-order valence-corrected chi connectivity index (χ3v) is 5.87. The van der Waals surface area contributed by atoms with Crippen LogP contribution in [0.15, 0.2) is 71.7 Å². The fraction of sp³-hybridized carbons (Fsp3) is 0.280. The Labute approximate surface area is 171 Å². The van der Waals surface area contributed by atoms with Crippen molar-refractivity contribution in [1.29, 1.82) is 0 Å². The molecule has 4 nitrogen and oxygen atoms in total. The molecule has 0 atom stereocenters. The zero-order chi connectivity index (χ0) is 19.5. The Morgan fingerprint density at radius 2 is 1.62 bits per heavy atom. The number of nitrogens with zero attached hydrogens (tertiary/aromatic N) is 4. The predicted molar refractivity (Wildman–Crippen MR) is 121 cm³/mol. The lowest BCUT2D eigenvalue weighted by Crippen LogP contribution is -2.32. The summed E-state index contributed by atoms with van der Waals surface area (Å²) < 4.78 is 2.27. The number of fused-ring (bicyclic) bond motifs is 2. The highest BCUT2D eigenvalue weighted by atomic mass is 15.2. The molecule has 3 aromatic carbocycles. The van der Waals surface area contributed by atoms with Crippen molar-refractivity contribution in [2.75, 3.05) is 19.6 Å². The van der Waals surface area contributed by atoms with Crippen molar-refractivity contribution in [3.05, 3.63) is 72.3 Å². The molecule has 2 heterocycles. The summed E-state index contributed by atoms with van der Waals surface area (Å²) in [6, 6.07) is 23.1. The molecule has 4 aromatic rings. The highest BCUT2D eigenvalue weighted by Gasteiger charge is 2.13. The summed E-state index contributed by atoms with van der Waals surface area (Å²) in [5.74, 6) is 0.788. The standard InChI is InChI=1S/C25H26N4/c1-6-15-28(16-7-1)17-18-29-24-14-5-4-13-23(24)27-25(29)26-19-21-11-8-10-20-9-2-3-12-22(20)21/h2-5,8-14,19H,1,6-7,15-18H2. The van der Waals surface area contributed by atoms with E-state index in [1.165, 1.54) is 43.1 Å². The second kappa shape index (κ2) is 8.18. The largest absolute Gasteiger partial charge is 0.307 e. The van der Waals surface area contributed by atoms with Crippen LogP contribution < -0.4 is 0 Å². The van der Waals surface area contributed by atoms with Gasteiger partial charge in [0, 0.05) is 24.9 Å². The van der Waals surface area contributed by atoms with Crippen molar-refractivity contribution in [2.24, 2.45) is 4.99 Å². The number of imidazole rings is 1. The molecule has 0 saturated carbocycles. The first-order valence-electron chi connectivity index (χ1n) is 10.6. The third-order valence-electron chi connectivity index (χ3n) is 5.87. The van der Waals surface area contributed by atoms with Crippen molar-refractivity contribution >= 4 is 34.0 Å². The van der Waals surface area contributed by atoms with E-state index in [0.717, 1.165) is 35.6 Å². The molecule has 0 aliphatic carbocycles. The number of aromatic nitrogens is 2. The van der Waals surface area contributed by atoms with E-state index in [1.807, 2.05) is 12.3 Å². The van der Waals surface area contributed by atoms with E-state index in [1.54, 1.807) is 0 Å². The lowest BCUT2D eigenvalue weighted by molar-refractivity contribution is 0.222. The molecule has 29 heavy (non-hydrogen) atoms. The smallest absolute Gasteiger partial charge is 0.230 e. The minimum Gasteiger partial charge on any atom is -0.307 e. The molecular formula is C25H26N4. The van der Waals surface area contributed by atoms with Gasteiger partial charge in [0.05, 0.1) is 11.0 Å². The molecule has 0 spiro atoms. The Balaban J connectivity index is 1.48. The van der Waals surface area contributed by atoms with Gasteiger partial charge in [-0.1, -0.05) is 61.0 Å². The van der Waals surface area contributed by atoms with E-state index >= 15 is 0 Å². The molecule has 146 valence electrons. The van der Waals surface area contributed by atoms with E-state index in [2.05, 4.69) is 70.1 Å². The van der Waals surface area contributed by atoms with E-state index in [-0.39, 0.29) is 0 Å². The van der Waals surface area contributed by atoms with Crippen LogP contribution in [0.2, 0.25) is 0 Å². The highest BCUT2D eigenvalue weighted by Crippen LogP contribution is 2.23. The number of benzene rings is 3. The van der Waals surface area contributed by atoms with Crippen LogP contribution in [-0.4, -0.2) is 40.3 Å². The van der Waals surface area contributed by atoms with E-state index in [0.29, 0.717) is 0 Å². The fourth-order valence-corrected chi connectivity index (χ4v) is 4.30. The van der Waals surface area contributed by atoms with Crippen LogP contribution in [-0.2, 0) is 6.54 Å². The minimum atomic E-state index is 0.788. The third kappa shape index (κ3) is 3.81. The topological polar surface area (TPSA) is 33.4 Å². The molecule has 1 fully saturated rings. The number of rotatable bonds is 5. The Hall–Kier alpha value is -2.98. The quantitative estimate of drug-likeness (QED) is 0.432. The zero-order valence-corrected chi connectivity index (χ0v) is 16.7. The molecule has 1 aliphatic heterocycles. The monoisotopic (exact) mass is 382 g/mol. The first-order valence-corrected chi connectivity index (χ1v) is 10.6. The van der Waals surface area contributed by atoms with Crippen LogP contribution in [0.3, 0.4) is 0 Å². The molecule has 0 unspecified atom stereocenters. The van der Waals surface area contributed by atoms with Crippen LogP contribution in [0.5, 0.6) is 0 Å². The number of aliphatic imine (C=N–C) groups is 1. The predicted octanol–water partition coefficient (Wildman–Crippen LogP) is 5.43. The van der Waals surface area contributed by atoms with Gasteiger partial charge >= 0.3 is 0 Å². The number of hydrogen-bond acceptors (Lipinski definition) is 3. The molecular weight excluding hydrogens is 356 g/mol. The van der Waals surface area contributed by atoms with Gasteiger partial charge < -0.3 is 9.47 Å². The van der Waals surface area contributed by atoms with Gasteiger partial charge in [0.25, 0.3) is 0 Å². The molecule has 1 aromatic heterocycles. The van der Waals surface area contributed by atoms with Crippen LogP contribution in [0.1, 0.15) is 24.8 Å². The first-order chi connectivity index (χ1) is 14.4. The number of likely N-dealkylation sites (tertiary alicyclic amines) is 1. The maximum absolute atomic E-state index is 4.84. The molecule has 1 aliphatic rings. The Morgan fingerprint density at radius 1 is 0.828 bits per heavy atom. The minimum absolute atomic E-state index is 0.788. The van der Waals surface area contributed by atoms with Crippen molar-refractivity contribution in [3.63, 3.8) is 0 Å². The zero-order valence-electron chi connectivity index (χ0n) is 16.7. The van der Waals surface area contributed by atoms with Crippen LogP contribution in [0.4, 0.5) is 5.95 Å². The van der Waals surface area contributed by atoms with Crippen LogP contribution in [0.25, 0.3) is 21.8 Å². The summed E-state index contributed by atoms with van der Waals surface area (Å²) in [6.45, 7) is 4.39. The van der Waals surface area contributed by atoms with E-state index in [4.69, 9.17) is 9.98 Å². The van der Waals surface area contributed by atoms with Gasteiger partial charge in [-0.2, -0.15) is 0 Å². The highest BCUT2D eigenvalue weighted by molar-refractivity contribution is 6.00. The van der Waals surface area contributed by atoms with Crippen molar-refractivity contribution in [1.82, 2.24) is 14.5 Å². The van der Waals surface area contributed by atoms with Crippen LogP contribution >= 0.6 is 0 Å². The Bertz CT molecular complexity index is 1150. The van der Waals surface area contributed by atoms with E-state index < -0.39 is 0 Å². The summed E-state index contributed by atoms with van der Waals surface area (Å²) >= 11 is 0. The lowest BCUT2D eigenvalue weighted by atomic mass is 10.1. The van der Waals surface area contributed by atoms with E-state index in [9.17, 15) is 0 Å². The van der Waals surface area contributed by atoms with Crippen LogP contribution in [0, 0.1) is 0 Å². The maximum atomic E-state index is 4.84. The normalized spacial score (nSPS) is 15.6. The van der Waals surface area contributed by atoms with Gasteiger partial charge in [-0.05, 0) is 48.8 Å². The van der Waals surface area contributed by atoms with Gasteiger partial charge in [-0.15, -0.1) is 0 Å². The molecule has 4 heteroatoms. The van der Waals surface area contributed by atoms with Gasteiger partial charge in [-0.25, -0.2) is 9.98 Å². The average molecular weight is 383 g/mol. The van der Waals surface area contributed by atoms with Gasteiger partial charge in [0.15, 0.2) is 0 Å². The van der Waals surface area contributed by atoms with Gasteiger partial charge in [0.1, 0.15) is 0 Å². The first kappa shape index (κ1) is 18.1. The SMILES string of the molecule is C(=Nc1nc2ccccc2n1CCN1CCCCC1)c1cccc2ccccc12. The molecule has 5 rings (SSSR count). The second-order valence-electron chi connectivity index (χ2n) is 7.78. The van der Waals surface area contributed by atoms with Gasteiger partial charge in [0.2, 0.25) is 5.95 Å². The lowest BCUT2D eigenvalue weighted by Gasteiger charge is -2.26. The summed E-state index contributed by atoms with van der Waals surface area (Å²) in [4.78, 5) is 12.2. The Morgan fingerprint density at radius 3 is 2.55 bits per heavy atom. The fourth-order valence-electron chi connectivity index (χ4n) is 4.30. The molecule has 1 saturated heterocycles. The molecule has 0 amide bonds. The number of para-hydroxylation sites is 2. The summed E-state index contributed by atoms with van der Waals surface area (Å²) in [5.41, 5.74) is 3.29. The van der Waals surface area contributed by atoms with Crippen molar-refractivity contribution in [3.8, 4) is 0 Å². The summed E-state index contributed by atoms with van der Waals surface area (Å²) in [6.07, 6.45) is 5.96. The number of piperidine rings is 1. The Kier molecular flexibility index (Phi) is 5.10. The summed E-state index contributed by atoms with van der Waals surface area (Å²) in [7, 11) is 0. The average Bonchev–Trinajstić information content (AvgIpc) is 3.14. The van der Waals surface area contributed by atoms with Crippen molar-refractivity contribution in [2.45, 2.75) is 25.8 Å². The molecule has 0 N–H and O–H groups in total.